The van der Waals surface area contributed by atoms with Gasteiger partial charge in [-0.2, -0.15) is 0 Å². The number of benzene rings is 1. The molecule has 0 aliphatic carbocycles. The molecule has 0 bridgehead atoms. The van der Waals surface area contributed by atoms with Crippen molar-refractivity contribution in [1.29, 1.82) is 0 Å². The second-order valence-corrected chi connectivity index (χ2v) is 8.73. The zero-order valence-electron chi connectivity index (χ0n) is 21.4. The Morgan fingerprint density at radius 3 is 2.69 bits per heavy atom. The maximum absolute atomic E-state index is 12.8. The van der Waals surface area contributed by atoms with Crippen LogP contribution in [0.3, 0.4) is 0 Å². The Kier molecular flexibility index (Phi) is 13.6. The van der Waals surface area contributed by atoms with Crippen LogP contribution < -0.4 is 32.2 Å². The average Bonchev–Trinajstić information content (AvgIpc) is 2.87. The Bertz CT molecular complexity index is 875. The van der Waals surface area contributed by atoms with E-state index in [4.69, 9.17) is 16.2 Å². The van der Waals surface area contributed by atoms with E-state index < -0.39 is 0 Å². The van der Waals surface area contributed by atoms with Crippen molar-refractivity contribution in [3.8, 4) is 5.75 Å². The molecule has 11 nitrogen and oxygen atoms in total. The van der Waals surface area contributed by atoms with E-state index in [1.54, 1.807) is 0 Å². The molecule has 0 radical (unpaired) electrons. The van der Waals surface area contributed by atoms with E-state index in [-0.39, 0.29) is 24.0 Å². The maximum atomic E-state index is 12.8. The molecule has 11 heteroatoms. The molecule has 2 rings (SSSR count). The predicted molar refractivity (Wildman–Crippen MR) is 143 cm³/mol. The van der Waals surface area contributed by atoms with Crippen molar-refractivity contribution in [2.45, 2.75) is 64.3 Å². The topological polar surface area (TPSA) is 159 Å². The average molecular weight is 503 g/mol. The highest BCUT2D eigenvalue weighted by Crippen LogP contribution is 2.19. The number of urea groups is 2. The molecule has 0 unspecified atom stereocenters. The highest BCUT2D eigenvalue weighted by Gasteiger charge is 2.14. The Labute approximate surface area is 214 Å². The summed E-state index contributed by atoms with van der Waals surface area (Å²) in [5.74, 6) is 1.06. The summed E-state index contributed by atoms with van der Waals surface area (Å²) in [6.07, 6.45) is 8.94. The number of nitrogens with two attached hydrogens (primary N) is 2. The summed E-state index contributed by atoms with van der Waals surface area (Å²) >= 11 is 0. The van der Waals surface area contributed by atoms with Gasteiger partial charge in [0, 0.05) is 32.2 Å². The molecule has 1 heterocycles. The van der Waals surface area contributed by atoms with Gasteiger partial charge >= 0.3 is 12.1 Å². The number of nitrogens with one attached hydrogen (secondary N) is 3. The predicted octanol–water partition coefficient (Wildman–Crippen LogP) is 2.66. The first-order chi connectivity index (χ1) is 17.5. The van der Waals surface area contributed by atoms with Gasteiger partial charge in [-0.25, -0.2) is 14.6 Å². The fourth-order valence-corrected chi connectivity index (χ4v) is 3.79. The number of nitrogens with zero attached hydrogens (tertiary/aromatic N) is 3. The van der Waals surface area contributed by atoms with Crippen molar-refractivity contribution in [3.05, 3.63) is 29.8 Å². The van der Waals surface area contributed by atoms with Crippen LogP contribution in [-0.4, -0.2) is 62.2 Å². The molecular weight excluding hydrogens is 460 g/mol. The number of hydrogen-bond donors (Lipinski definition) is 5. The highest BCUT2D eigenvalue weighted by atomic mass is 16.5. The third kappa shape index (κ3) is 11.8. The first kappa shape index (κ1) is 28.7. The summed E-state index contributed by atoms with van der Waals surface area (Å²) in [4.78, 5) is 34.2. The highest BCUT2D eigenvalue weighted by molar-refractivity contribution is 5.95. The summed E-state index contributed by atoms with van der Waals surface area (Å²) in [5, 5.41) is 7.60. The number of amides is 4. The van der Waals surface area contributed by atoms with Crippen molar-refractivity contribution in [1.82, 2.24) is 20.9 Å². The van der Waals surface area contributed by atoms with Gasteiger partial charge in [-0.15, -0.1) is 0 Å². The lowest BCUT2D eigenvalue weighted by molar-refractivity contribution is 0.199. The van der Waals surface area contributed by atoms with E-state index in [2.05, 4.69) is 25.9 Å². The molecule has 1 aliphatic rings. The van der Waals surface area contributed by atoms with Crippen LogP contribution in [0, 0.1) is 0 Å². The van der Waals surface area contributed by atoms with Gasteiger partial charge in [0.2, 0.25) is 0 Å². The minimum Gasteiger partial charge on any atom is -0.493 e. The quantitative estimate of drug-likeness (QED) is 0.199. The largest absolute Gasteiger partial charge is 0.493 e. The molecule has 0 spiro atoms. The van der Waals surface area contributed by atoms with Crippen molar-refractivity contribution >= 4 is 24.0 Å². The molecule has 1 aromatic carbocycles. The monoisotopic (exact) mass is 502 g/mol. The zero-order valence-corrected chi connectivity index (χ0v) is 21.4. The van der Waals surface area contributed by atoms with Crippen LogP contribution in [0.1, 0.15) is 63.4 Å². The van der Waals surface area contributed by atoms with E-state index in [0.29, 0.717) is 32.8 Å². The number of carbonyl (C=O) groups is 2. The molecule has 1 aliphatic heterocycles. The smallest absolute Gasteiger partial charge is 0.324 e. The molecule has 200 valence electrons. The van der Waals surface area contributed by atoms with E-state index in [0.717, 1.165) is 69.1 Å². The molecule has 0 aromatic heterocycles. The van der Waals surface area contributed by atoms with Crippen molar-refractivity contribution in [2.75, 3.05) is 33.3 Å². The molecular formula is C25H42N8O3. The van der Waals surface area contributed by atoms with Gasteiger partial charge in [0.15, 0.2) is 11.9 Å². The number of para-hydroxylation sites is 1. The molecule has 36 heavy (non-hydrogen) atoms. The fraction of sp³-hybridized carbons (Fsp3) is 0.600. The number of rotatable bonds is 9. The summed E-state index contributed by atoms with van der Waals surface area (Å²) in [5.41, 5.74) is 12.6. The van der Waals surface area contributed by atoms with Gasteiger partial charge in [-0.05, 0) is 38.2 Å². The third-order valence-electron chi connectivity index (χ3n) is 5.83. The third-order valence-corrected chi connectivity index (χ3v) is 5.83. The van der Waals surface area contributed by atoms with Gasteiger partial charge in [-0.3, -0.25) is 15.6 Å². The molecule has 0 atom stereocenters. The fourth-order valence-electron chi connectivity index (χ4n) is 3.79. The Balaban J connectivity index is 1.71. The van der Waals surface area contributed by atoms with Gasteiger partial charge in [0.25, 0.3) is 0 Å². The van der Waals surface area contributed by atoms with E-state index in [1.165, 1.54) is 7.05 Å². The lowest BCUT2D eigenvalue weighted by atomic mass is 10.1. The van der Waals surface area contributed by atoms with Crippen LogP contribution in [0.15, 0.2) is 34.3 Å². The number of unbranched alkanes of at least 4 members (excludes halogenated alkanes) is 5. The van der Waals surface area contributed by atoms with Crippen molar-refractivity contribution in [3.63, 3.8) is 0 Å². The number of ether oxygens (including phenoxy) is 1. The lowest BCUT2D eigenvalue weighted by Crippen LogP contribution is -2.46. The summed E-state index contributed by atoms with van der Waals surface area (Å²) in [7, 11) is 1.52. The normalized spacial score (nSPS) is 15.6. The van der Waals surface area contributed by atoms with Crippen LogP contribution >= 0.6 is 0 Å². The number of fused-ring (bicyclic) bond motifs is 1. The Morgan fingerprint density at radius 1 is 1.14 bits per heavy atom. The van der Waals surface area contributed by atoms with Crippen LogP contribution in [0.25, 0.3) is 0 Å². The maximum Gasteiger partial charge on any atom is 0.324 e. The Morgan fingerprint density at radius 2 is 1.89 bits per heavy atom. The first-order valence-electron chi connectivity index (χ1n) is 12.8. The van der Waals surface area contributed by atoms with Gasteiger partial charge in [-0.1, -0.05) is 43.9 Å². The second-order valence-electron chi connectivity index (χ2n) is 8.73. The van der Waals surface area contributed by atoms with Gasteiger partial charge in [0.05, 0.1) is 13.2 Å². The zero-order chi connectivity index (χ0) is 26.0. The summed E-state index contributed by atoms with van der Waals surface area (Å²) in [6.45, 7) is 2.95. The molecule has 0 fully saturated rings. The number of aliphatic imine (C=N–C) groups is 2. The molecule has 7 N–H and O–H groups in total. The van der Waals surface area contributed by atoms with E-state index in [1.807, 2.05) is 29.2 Å². The van der Waals surface area contributed by atoms with Crippen LogP contribution in [0.4, 0.5) is 9.59 Å². The summed E-state index contributed by atoms with van der Waals surface area (Å²) in [6, 6.07) is 7.20. The van der Waals surface area contributed by atoms with Crippen molar-refractivity contribution in [2.24, 2.45) is 21.5 Å². The van der Waals surface area contributed by atoms with E-state index in [9.17, 15) is 9.59 Å². The molecule has 1 aromatic rings. The number of hydrogen-bond acceptors (Lipinski definition) is 6. The minimum absolute atomic E-state index is 0.116. The molecule has 0 saturated carbocycles. The standard InChI is InChI=1S/C25H42N8O3/c1-28-24(34)31-22(26)29-15-9-4-2-3-5-10-16-33-17-11-6-12-18-36-21-14-8-7-13-20(21)19-30-23(27)32-25(33)35/h7-8,13-14H,2-6,9-12,15-19H2,1H3,(H3,27,30,32,35)(H4,26,28,29,31,34). The van der Waals surface area contributed by atoms with Crippen LogP contribution in [0.2, 0.25) is 0 Å². The number of guanidine groups is 2. The SMILES string of the molecule is CNC(=O)NC(N)=NCCCCCCCCN1CCCCCOc2ccccc2CN=C(N)NC1=O. The van der Waals surface area contributed by atoms with Crippen LogP contribution in [0.5, 0.6) is 5.75 Å². The van der Waals surface area contributed by atoms with Crippen molar-refractivity contribution < 1.29 is 14.3 Å². The second kappa shape index (κ2) is 17.0. The van der Waals surface area contributed by atoms with Gasteiger partial charge in [0.1, 0.15) is 5.75 Å². The first-order valence-corrected chi connectivity index (χ1v) is 12.8. The lowest BCUT2D eigenvalue weighted by Gasteiger charge is -2.23. The minimum atomic E-state index is -0.372. The van der Waals surface area contributed by atoms with Gasteiger partial charge < -0.3 is 26.4 Å². The van der Waals surface area contributed by atoms with E-state index >= 15 is 0 Å². The summed E-state index contributed by atoms with van der Waals surface area (Å²) < 4.78 is 5.93. The van der Waals surface area contributed by atoms with Crippen LogP contribution in [-0.2, 0) is 6.54 Å². The number of carbonyl (C=O) groups excluding carboxylic acids is 2. The molecule has 0 saturated heterocycles. The Hall–Kier alpha value is -3.50. The molecule has 4 amide bonds.